The van der Waals surface area contributed by atoms with Crippen LogP contribution in [0.4, 0.5) is 10.5 Å². The standard InChI is InChI=1S/C23H16Cl2N2O4S/c1-13-4-2-3-5-18(13)26-21(28)12-27-22(29)20(32-23(27)30)11-15-7-9-19(31-15)16-8-6-14(24)10-17(16)25/h2-11H,12H2,1H3,(H,26,28)/b20-11-. The van der Waals surface area contributed by atoms with E-state index in [-0.39, 0.29) is 11.4 Å². The Morgan fingerprint density at radius 2 is 1.91 bits per heavy atom. The summed E-state index contributed by atoms with van der Waals surface area (Å²) in [7, 11) is 0. The van der Waals surface area contributed by atoms with Gasteiger partial charge in [-0.05, 0) is 60.6 Å². The quantitative estimate of drug-likeness (QED) is 0.431. The van der Waals surface area contributed by atoms with Crippen molar-refractivity contribution in [1.82, 2.24) is 4.90 Å². The Morgan fingerprint density at radius 3 is 2.66 bits per heavy atom. The van der Waals surface area contributed by atoms with Gasteiger partial charge in [0.1, 0.15) is 18.1 Å². The summed E-state index contributed by atoms with van der Waals surface area (Å²) < 4.78 is 5.77. The van der Waals surface area contributed by atoms with Crippen LogP contribution in [-0.2, 0) is 9.59 Å². The fourth-order valence-corrected chi connectivity index (χ4v) is 4.40. The number of para-hydroxylation sites is 1. The van der Waals surface area contributed by atoms with E-state index in [0.717, 1.165) is 22.2 Å². The van der Waals surface area contributed by atoms with Gasteiger partial charge in [0.2, 0.25) is 5.91 Å². The number of carbonyl (C=O) groups excluding carboxylic acids is 3. The Bertz CT molecular complexity index is 1270. The number of aryl methyl sites for hydroxylation is 1. The summed E-state index contributed by atoms with van der Waals surface area (Å²) in [4.78, 5) is 38.5. The maximum absolute atomic E-state index is 12.7. The molecule has 1 aromatic heterocycles. The van der Waals surface area contributed by atoms with Crippen molar-refractivity contribution in [3.05, 3.63) is 80.9 Å². The van der Waals surface area contributed by atoms with Crippen LogP contribution in [0.25, 0.3) is 17.4 Å². The number of thioether (sulfide) groups is 1. The van der Waals surface area contributed by atoms with Crippen molar-refractivity contribution < 1.29 is 18.8 Å². The van der Waals surface area contributed by atoms with Crippen molar-refractivity contribution in [3.8, 4) is 11.3 Å². The van der Waals surface area contributed by atoms with Gasteiger partial charge in [0.25, 0.3) is 11.1 Å². The van der Waals surface area contributed by atoms with Crippen LogP contribution in [-0.4, -0.2) is 28.5 Å². The first-order chi connectivity index (χ1) is 15.3. The van der Waals surface area contributed by atoms with Gasteiger partial charge < -0.3 is 9.73 Å². The highest BCUT2D eigenvalue weighted by atomic mass is 35.5. The molecular weight excluding hydrogens is 471 g/mol. The third-order valence-corrected chi connectivity index (χ3v) is 6.15. The SMILES string of the molecule is Cc1ccccc1NC(=O)CN1C(=O)S/C(=C\c2ccc(-c3ccc(Cl)cc3Cl)o2)C1=O. The Balaban J connectivity index is 1.47. The lowest BCUT2D eigenvalue weighted by Crippen LogP contribution is -2.36. The number of furan rings is 1. The van der Waals surface area contributed by atoms with Crippen LogP contribution in [0, 0.1) is 6.92 Å². The average molecular weight is 487 g/mol. The maximum Gasteiger partial charge on any atom is 0.294 e. The lowest BCUT2D eigenvalue weighted by Gasteiger charge is -2.13. The predicted octanol–water partition coefficient (Wildman–Crippen LogP) is 6.24. The van der Waals surface area contributed by atoms with Gasteiger partial charge in [-0.3, -0.25) is 19.3 Å². The number of nitrogens with one attached hydrogen (secondary N) is 1. The molecule has 1 N–H and O–H groups in total. The second kappa shape index (κ2) is 9.24. The number of imide groups is 1. The van der Waals surface area contributed by atoms with Gasteiger partial charge in [0, 0.05) is 22.3 Å². The van der Waals surface area contributed by atoms with Crippen LogP contribution >= 0.6 is 35.0 Å². The van der Waals surface area contributed by atoms with Crippen LogP contribution in [0.15, 0.2) is 63.9 Å². The van der Waals surface area contributed by atoms with E-state index < -0.39 is 17.1 Å². The zero-order valence-corrected chi connectivity index (χ0v) is 19.1. The van der Waals surface area contributed by atoms with Gasteiger partial charge in [-0.2, -0.15) is 0 Å². The Kier molecular flexibility index (Phi) is 6.41. The third kappa shape index (κ3) is 4.75. The number of amides is 3. The summed E-state index contributed by atoms with van der Waals surface area (Å²) in [6.07, 6.45) is 1.47. The summed E-state index contributed by atoms with van der Waals surface area (Å²) in [6.45, 7) is 1.48. The van der Waals surface area contributed by atoms with Crippen LogP contribution in [0.3, 0.4) is 0 Å². The lowest BCUT2D eigenvalue weighted by molar-refractivity contribution is -0.127. The Morgan fingerprint density at radius 1 is 1.12 bits per heavy atom. The predicted molar refractivity (Wildman–Crippen MR) is 127 cm³/mol. The van der Waals surface area contributed by atoms with Crippen LogP contribution in [0.5, 0.6) is 0 Å². The van der Waals surface area contributed by atoms with Gasteiger partial charge in [0.15, 0.2) is 0 Å². The summed E-state index contributed by atoms with van der Waals surface area (Å²) in [5, 5.41) is 3.13. The van der Waals surface area contributed by atoms with Crippen molar-refractivity contribution in [2.45, 2.75) is 6.92 Å². The number of rotatable bonds is 5. The maximum atomic E-state index is 12.7. The molecule has 0 saturated carbocycles. The normalized spacial score (nSPS) is 15.0. The molecule has 0 spiro atoms. The highest BCUT2D eigenvalue weighted by Gasteiger charge is 2.36. The van der Waals surface area contributed by atoms with Crippen molar-refractivity contribution in [1.29, 1.82) is 0 Å². The smallest absolute Gasteiger partial charge is 0.294 e. The number of hydrogen-bond donors (Lipinski definition) is 1. The van der Waals surface area contributed by atoms with E-state index in [1.807, 2.05) is 19.1 Å². The molecule has 1 aliphatic heterocycles. The van der Waals surface area contributed by atoms with Gasteiger partial charge >= 0.3 is 0 Å². The van der Waals surface area contributed by atoms with Gasteiger partial charge in [-0.1, -0.05) is 41.4 Å². The second-order valence-corrected chi connectivity index (χ2v) is 8.79. The first-order valence-electron chi connectivity index (χ1n) is 9.48. The molecule has 1 saturated heterocycles. The fourth-order valence-electron chi connectivity index (χ4n) is 3.08. The Labute approximate surface area is 198 Å². The molecule has 9 heteroatoms. The summed E-state index contributed by atoms with van der Waals surface area (Å²) in [5.74, 6) is -0.140. The molecule has 1 fully saturated rings. The van der Waals surface area contributed by atoms with Gasteiger partial charge in [-0.15, -0.1) is 0 Å². The number of anilines is 1. The van der Waals surface area contributed by atoms with E-state index in [1.54, 1.807) is 42.5 Å². The minimum atomic E-state index is -0.553. The minimum absolute atomic E-state index is 0.168. The summed E-state index contributed by atoms with van der Waals surface area (Å²) >= 11 is 12.9. The highest BCUT2D eigenvalue weighted by Crippen LogP contribution is 2.35. The van der Waals surface area contributed by atoms with Crippen molar-refractivity contribution in [3.63, 3.8) is 0 Å². The van der Waals surface area contributed by atoms with E-state index in [1.165, 1.54) is 6.08 Å². The minimum Gasteiger partial charge on any atom is -0.457 e. The number of hydrogen-bond acceptors (Lipinski definition) is 5. The molecule has 3 amide bonds. The molecule has 0 aliphatic carbocycles. The van der Waals surface area contributed by atoms with E-state index in [4.69, 9.17) is 27.6 Å². The molecular formula is C23H16Cl2N2O4S. The number of halogens is 2. The zero-order valence-electron chi connectivity index (χ0n) is 16.7. The molecule has 4 rings (SSSR count). The average Bonchev–Trinajstić information content (AvgIpc) is 3.30. The van der Waals surface area contributed by atoms with Crippen molar-refractivity contribution in [2.24, 2.45) is 0 Å². The molecule has 2 aromatic carbocycles. The summed E-state index contributed by atoms with van der Waals surface area (Å²) in [5.41, 5.74) is 2.16. The summed E-state index contributed by atoms with van der Waals surface area (Å²) in [6, 6.07) is 15.7. The van der Waals surface area contributed by atoms with Crippen LogP contribution in [0.1, 0.15) is 11.3 Å². The number of carbonyl (C=O) groups is 3. The van der Waals surface area contributed by atoms with Gasteiger partial charge in [0.05, 0.1) is 9.93 Å². The molecule has 0 radical (unpaired) electrons. The molecule has 0 bridgehead atoms. The van der Waals surface area contributed by atoms with Crippen molar-refractivity contribution in [2.75, 3.05) is 11.9 Å². The molecule has 3 aromatic rings. The molecule has 162 valence electrons. The van der Waals surface area contributed by atoms with Gasteiger partial charge in [-0.25, -0.2) is 0 Å². The molecule has 0 atom stereocenters. The largest absolute Gasteiger partial charge is 0.457 e. The zero-order chi connectivity index (χ0) is 22.8. The Hall–Kier alpha value is -3.00. The first kappa shape index (κ1) is 22.2. The molecule has 2 heterocycles. The lowest BCUT2D eigenvalue weighted by atomic mass is 10.2. The van der Waals surface area contributed by atoms with Crippen LogP contribution in [0.2, 0.25) is 10.0 Å². The van der Waals surface area contributed by atoms with Crippen molar-refractivity contribution >= 4 is 63.8 Å². The molecule has 0 unspecified atom stereocenters. The fraction of sp³-hybridized carbons (Fsp3) is 0.0870. The topological polar surface area (TPSA) is 79.6 Å². The van der Waals surface area contributed by atoms with E-state index in [0.29, 0.717) is 32.8 Å². The highest BCUT2D eigenvalue weighted by molar-refractivity contribution is 8.18. The molecule has 32 heavy (non-hydrogen) atoms. The van der Waals surface area contributed by atoms with E-state index >= 15 is 0 Å². The molecule has 1 aliphatic rings. The second-order valence-electron chi connectivity index (χ2n) is 6.96. The monoisotopic (exact) mass is 486 g/mol. The number of nitrogens with zero attached hydrogens (tertiary/aromatic N) is 1. The van der Waals surface area contributed by atoms with E-state index in [9.17, 15) is 14.4 Å². The third-order valence-electron chi connectivity index (χ3n) is 4.69. The van der Waals surface area contributed by atoms with E-state index in [2.05, 4.69) is 5.32 Å². The molecule has 6 nitrogen and oxygen atoms in total. The van der Waals surface area contributed by atoms with Crippen LogP contribution < -0.4 is 5.32 Å². The first-order valence-corrected chi connectivity index (χ1v) is 11.0. The number of benzene rings is 2.